The number of para-hydroxylation sites is 2. The van der Waals surface area contributed by atoms with Crippen LogP contribution in [0.1, 0.15) is 5.56 Å². The molecule has 0 aliphatic heterocycles. The first-order chi connectivity index (χ1) is 11.2. The van der Waals surface area contributed by atoms with Crippen LogP contribution in [0.5, 0.6) is 5.75 Å². The standard InChI is InChI=1S/C17H12N4O2/c22-14-8-4-1-5-11(14)9-19-21-10-18-15-12-6-2-3-7-13(12)20-16(15)17(21)23/h1-10,20,22H. The van der Waals surface area contributed by atoms with Gasteiger partial charge in [-0.05, 0) is 18.2 Å². The second-order valence-corrected chi connectivity index (χ2v) is 5.09. The van der Waals surface area contributed by atoms with Crippen LogP contribution < -0.4 is 5.56 Å². The molecular formula is C17H12N4O2. The fourth-order valence-corrected chi connectivity index (χ4v) is 2.50. The van der Waals surface area contributed by atoms with E-state index >= 15 is 0 Å². The summed E-state index contributed by atoms with van der Waals surface area (Å²) in [6.45, 7) is 0. The SMILES string of the molecule is O=c1c2[nH]c3ccccc3c2ncn1N=Cc1ccccc1O. The number of nitrogens with zero attached hydrogens (tertiary/aromatic N) is 3. The van der Waals surface area contributed by atoms with Crippen LogP contribution in [0.25, 0.3) is 21.9 Å². The van der Waals surface area contributed by atoms with Crippen molar-refractivity contribution in [1.82, 2.24) is 14.6 Å². The highest BCUT2D eigenvalue weighted by Gasteiger charge is 2.09. The summed E-state index contributed by atoms with van der Waals surface area (Å²) < 4.78 is 1.14. The van der Waals surface area contributed by atoms with Gasteiger partial charge in [0.25, 0.3) is 5.56 Å². The minimum absolute atomic E-state index is 0.101. The van der Waals surface area contributed by atoms with Gasteiger partial charge in [-0.15, -0.1) is 0 Å². The Morgan fingerprint density at radius 1 is 1.13 bits per heavy atom. The molecule has 0 radical (unpaired) electrons. The third-order valence-corrected chi connectivity index (χ3v) is 3.65. The van der Waals surface area contributed by atoms with Gasteiger partial charge in [-0.2, -0.15) is 9.78 Å². The third-order valence-electron chi connectivity index (χ3n) is 3.65. The molecule has 0 bridgehead atoms. The minimum Gasteiger partial charge on any atom is -0.507 e. The molecule has 0 fully saturated rings. The number of hydrogen-bond donors (Lipinski definition) is 2. The number of aromatic amines is 1. The summed E-state index contributed by atoms with van der Waals surface area (Å²) in [5.74, 6) is 0.101. The third kappa shape index (κ3) is 2.17. The molecule has 2 N–H and O–H groups in total. The van der Waals surface area contributed by atoms with Crippen LogP contribution in [0.4, 0.5) is 0 Å². The maximum absolute atomic E-state index is 12.5. The van der Waals surface area contributed by atoms with E-state index < -0.39 is 0 Å². The molecule has 6 heteroatoms. The van der Waals surface area contributed by atoms with Crippen molar-refractivity contribution < 1.29 is 5.11 Å². The van der Waals surface area contributed by atoms with E-state index in [1.54, 1.807) is 24.3 Å². The molecule has 2 heterocycles. The first kappa shape index (κ1) is 13.3. The van der Waals surface area contributed by atoms with Crippen LogP contribution in [-0.4, -0.2) is 26.0 Å². The molecule has 0 unspecified atom stereocenters. The maximum atomic E-state index is 12.5. The number of nitrogens with one attached hydrogen (secondary N) is 1. The van der Waals surface area contributed by atoms with E-state index in [-0.39, 0.29) is 11.3 Å². The molecule has 23 heavy (non-hydrogen) atoms. The predicted octanol–water partition coefficient (Wildman–Crippen LogP) is 2.47. The van der Waals surface area contributed by atoms with E-state index in [2.05, 4.69) is 15.1 Å². The Labute approximate surface area is 130 Å². The summed E-state index contributed by atoms with van der Waals surface area (Å²) in [6, 6.07) is 14.4. The first-order valence-corrected chi connectivity index (χ1v) is 7.04. The summed E-state index contributed by atoms with van der Waals surface area (Å²) in [5, 5.41) is 14.7. The highest BCUT2D eigenvalue weighted by atomic mass is 16.3. The second-order valence-electron chi connectivity index (χ2n) is 5.09. The second kappa shape index (κ2) is 5.10. The average Bonchev–Trinajstić information content (AvgIpc) is 2.95. The lowest BCUT2D eigenvalue weighted by Gasteiger charge is -1.99. The van der Waals surface area contributed by atoms with Gasteiger partial charge < -0.3 is 10.1 Å². The Bertz CT molecular complexity index is 1110. The average molecular weight is 304 g/mol. The molecule has 0 atom stereocenters. The van der Waals surface area contributed by atoms with E-state index in [9.17, 15) is 9.90 Å². The van der Waals surface area contributed by atoms with Crippen LogP contribution in [0.3, 0.4) is 0 Å². The quantitative estimate of drug-likeness (QED) is 0.558. The van der Waals surface area contributed by atoms with E-state index in [1.807, 2.05) is 24.3 Å². The van der Waals surface area contributed by atoms with Crippen LogP contribution >= 0.6 is 0 Å². The van der Waals surface area contributed by atoms with Gasteiger partial charge in [0.15, 0.2) is 0 Å². The molecule has 0 saturated heterocycles. The number of fused-ring (bicyclic) bond motifs is 3. The molecule has 0 aliphatic rings. The number of phenolic OH excluding ortho intramolecular Hbond substituents is 1. The fourth-order valence-electron chi connectivity index (χ4n) is 2.50. The van der Waals surface area contributed by atoms with E-state index in [0.29, 0.717) is 16.6 Å². The van der Waals surface area contributed by atoms with Gasteiger partial charge in [0.1, 0.15) is 23.1 Å². The summed E-state index contributed by atoms with van der Waals surface area (Å²) in [6.07, 6.45) is 2.80. The first-order valence-electron chi connectivity index (χ1n) is 7.04. The van der Waals surface area contributed by atoms with Crippen LogP contribution in [-0.2, 0) is 0 Å². The van der Waals surface area contributed by atoms with Crippen molar-refractivity contribution in [3.63, 3.8) is 0 Å². The van der Waals surface area contributed by atoms with Gasteiger partial charge in [-0.25, -0.2) is 4.98 Å². The van der Waals surface area contributed by atoms with Gasteiger partial charge in [0.2, 0.25) is 0 Å². The Morgan fingerprint density at radius 2 is 1.91 bits per heavy atom. The Kier molecular flexibility index (Phi) is 2.94. The Balaban J connectivity index is 1.86. The number of H-pyrrole nitrogens is 1. The highest BCUT2D eigenvalue weighted by Crippen LogP contribution is 2.20. The molecule has 0 spiro atoms. The highest BCUT2D eigenvalue weighted by molar-refractivity contribution is 6.04. The summed E-state index contributed by atoms with van der Waals surface area (Å²) in [4.78, 5) is 19.9. The summed E-state index contributed by atoms with van der Waals surface area (Å²) >= 11 is 0. The molecule has 0 amide bonds. The molecule has 4 rings (SSSR count). The van der Waals surface area contributed by atoms with Gasteiger partial charge in [-0.1, -0.05) is 30.3 Å². The lowest BCUT2D eigenvalue weighted by atomic mass is 10.2. The van der Waals surface area contributed by atoms with E-state index in [1.165, 1.54) is 12.5 Å². The summed E-state index contributed by atoms with van der Waals surface area (Å²) in [7, 11) is 0. The van der Waals surface area contributed by atoms with Crippen molar-refractivity contribution in [2.45, 2.75) is 0 Å². The topological polar surface area (TPSA) is 83.3 Å². The van der Waals surface area contributed by atoms with Gasteiger partial charge >= 0.3 is 0 Å². The van der Waals surface area contributed by atoms with Gasteiger partial charge in [-0.3, -0.25) is 4.79 Å². The number of phenols is 1. The zero-order valence-electron chi connectivity index (χ0n) is 12.0. The van der Waals surface area contributed by atoms with Gasteiger partial charge in [0.05, 0.1) is 6.21 Å². The van der Waals surface area contributed by atoms with Crippen molar-refractivity contribution in [2.75, 3.05) is 0 Å². The predicted molar refractivity (Wildman–Crippen MR) is 89.0 cm³/mol. The largest absolute Gasteiger partial charge is 0.507 e. The van der Waals surface area contributed by atoms with E-state index in [0.717, 1.165) is 15.6 Å². The van der Waals surface area contributed by atoms with E-state index in [4.69, 9.17) is 0 Å². The smallest absolute Gasteiger partial charge is 0.298 e. The molecule has 6 nitrogen and oxygen atoms in total. The van der Waals surface area contributed by atoms with Crippen molar-refractivity contribution >= 4 is 28.2 Å². The number of aromatic hydroxyl groups is 1. The van der Waals surface area contributed by atoms with Crippen LogP contribution in [0.2, 0.25) is 0 Å². The number of hydrogen-bond acceptors (Lipinski definition) is 4. The van der Waals surface area contributed by atoms with Crippen LogP contribution in [0, 0.1) is 0 Å². The maximum Gasteiger partial charge on any atom is 0.298 e. The van der Waals surface area contributed by atoms with Crippen molar-refractivity contribution in [1.29, 1.82) is 0 Å². The number of rotatable bonds is 2. The Morgan fingerprint density at radius 3 is 2.78 bits per heavy atom. The minimum atomic E-state index is -0.294. The lowest BCUT2D eigenvalue weighted by Crippen LogP contribution is -2.17. The van der Waals surface area contributed by atoms with Crippen molar-refractivity contribution in [2.24, 2.45) is 5.10 Å². The number of aromatic nitrogens is 3. The molecule has 2 aromatic heterocycles. The Hall–Kier alpha value is -3.41. The molecule has 112 valence electrons. The van der Waals surface area contributed by atoms with Gasteiger partial charge in [0, 0.05) is 16.5 Å². The normalized spacial score (nSPS) is 11.7. The molecule has 0 aliphatic carbocycles. The zero-order valence-corrected chi connectivity index (χ0v) is 12.0. The monoisotopic (exact) mass is 304 g/mol. The molecule has 2 aromatic carbocycles. The molecular weight excluding hydrogens is 292 g/mol. The lowest BCUT2D eigenvalue weighted by molar-refractivity contribution is 0.474. The zero-order chi connectivity index (χ0) is 15.8. The summed E-state index contributed by atoms with van der Waals surface area (Å²) in [5.41, 5.74) is 2.12. The van der Waals surface area contributed by atoms with Crippen molar-refractivity contribution in [3.8, 4) is 5.75 Å². The molecule has 0 saturated carbocycles. The fraction of sp³-hybridized carbons (Fsp3) is 0. The molecule has 4 aromatic rings. The van der Waals surface area contributed by atoms with Crippen molar-refractivity contribution in [3.05, 3.63) is 70.8 Å². The number of benzene rings is 2. The van der Waals surface area contributed by atoms with Crippen LogP contribution in [0.15, 0.2) is 64.8 Å².